The first-order valence-corrected chi connectivity index (χ1v) is 8.52. The van der Waals surface area contributed by atoms with Crippen molar-refractivity contribution < 1.29 is 22.7 Å². The van der Waals surface area contributed by atoms with E-state index in [1.165, 1.54) is 13.0 Å². The van der Waals surface area contributed by atoms with Gasteiger partial charge in [-0.15, -0.1) is 0 Å². The maximum atomic E-state index is 12.7. The van der Waals surface area contributed by atoms with Crippen molar-refractivity contribution in [3.8, 4) is 5.75 Å². The molecular formula is C19H20F3N3O2. The van der Waals surface area contributed by atoms with Gasteiger partial charge in [-0.1, -0.05) is 0 Å². The summed E-state index contributed by atoms with van der Waals surface area (Å²) in [6.45, 7) is 3.70. The predicted octanol–water partition coefficient (Wildman–Crippen LogP) is 3.38. The highest BCUT2D eigenvalue weighted by Crippen LogP contribution is 2.28. The second-order valence-corrected chi connectivity index (χ2v) is 6.30. The molecule has 0 N–H and O–H groups in total. The highest BCUT2D eigenvalue weighted by atomic mass is 19.4. The minimum atomic E-state index is -4.52. The lowest BCUT2D eigenvalue weighted by molar-refractivity contribution is -0.141. The molecule has 5 nitrogen and oxygen atoms in total. The largest absolute Gasteiger partial charge is 0.497 e. The lowest BCUT2D eigenvalue weighted by atomic mass is 10.1. The summed E-state index contributed by atoms with van der Waals surface area (Å²) in [6, 6.07) is 9.74. The van der Waals surface area contributed by atoms with Crippen LogP contribution in [0.5, 0.6) is 5.75 Å². The van der Waals surface area contributed by atoms with Crippen LogP contribution in [0.2, 0.25) is 0 Å². The third-order valence-corrected chi connectivity index (χ3v) is 4.61. The van der Waals surface area contributed by atoms with Crippen LogP contribution in [-0.4, -0.2) is 49.1 Å². The first kappa shape index (κ1) is 19.0. The third-order valence-electron chi connectivity index (χ3n) is 4.61. The standard InChI is InChI=1S/C19H20F3N3O2/c1-13-16(7-8-17(23-13)19(20,21)22)18(26)25-11-9-24(10-12-25)14-3-5-15(27-2)6-4-14/h3-8H,9-12H2,1-2H3. The number of rotatable bonds is 3. The molecule has 0 atom stereocenters. The van der Waals surface area contributed by atoms with Crippen LogP contribution in [-0.2, 0) is 6.18 Å². The number of halogens is 3. The number of methoxy groups -OCH3 is 1. The van der Waals surface area contributed by atoms with Gasteiger partial charge in [0.15, 0.2) is 0 Å². The number of carbonyl (C=O) groups is 1. The Kier molecular flexibility index (Phi) is 5.25. The fraction of sp³-hybridized carbons (Fsp3) is 0.368. The van der Waals surface area contributed by atoms with Gasteiger partial charge in [-0.2, -0.15) is 13.2 Å². The minimum absolute atomic E-state index is 0.0902. The van der Waals surface area contributed by atoms with Gasteiger partial charge in [-0.25, -0.2) is 4.98 Å². The Balaban J connectivity index is 1.66. The molecule has 0 aliphatic carbocycles. The molecule has 0 saturated carbocycles. The van der Waals surface area contributed by atoms with Gasteiger partial charge in [-0.3, -0.25) is 4.79 Å². The fourth-order valence-corrected chi connectivity index (χ4v) is 3.08. The maximum Gasteiger partial charge on any atom is 0.433 e. The molecule has 0 spiro atoms. The molecule has 1 saturated heterocycles. The number of nitrogens with zero attached hydrogens (tertiary/aromatic N) is 3. The molecule has 8 heteroatoms. The Morgan fingerprint density at radius 1 is 1.04 bits per heavy atom. The lowest BCUT2D eigenvalue weighted by Crippen LogP contribution is -2.49. The van der Waals surface area contributed by atoms with Gasteiger partial charge in [0, 0.05) is 31.9 Å². The van der Waals surface area contributed by atoms with Gasteiger partial charge in [0.1, 0.15) is 11.4 Å². The van der Waals surface area contributed by atoms with Crippen LogP contribution in [0.3, 0.4) is 0 Å². The van der Waals surface area contributed by atoms with E-state index >= 15 is 0 Å². The van der Waals surface area contributed by atoms with E-state index in [0.29, 0.717) is 26.2 Å². The van der Waals surface area contributed by atoms with Crippen LogP contribution in [0.1, 0.15) is 21.7 Å². The molecular weight excluding hydrogens is 359 g/mol. The number of anilines is 1. The number of hydrogen-bond donors (Lipinski definition) is 0. The highest BCUT2D eigenvalue weighted by molar-refractivity contribution is 5.95. The van der Waals surface area contributed by atoms with Gasteiger partial charge in [-0.05, 0) is 43.3 Å². The Morgan fingerprint density at radius 3 is 2.19 bits per heavy atom. The van der Waals surface area contributed by atoms with Crippen molar-refractivity contribution in [3.63, 3.8) is 0 Å². The van der Waals surface area contributed by atoms with Gasteiger partial charge in [0.25, 0.3) is 5.91 Å². The first-order chi connectivity index (χ1) is 12.8. The summed E-state index contributed by atoms with van der Waals surface area (Å²) in [5.74, 6) is 0.487. The van der Waals surface area contributed by atoms with Crippen LogP contribution in [0.4, 0.5) is 18.9 Å². The van der Waals surface area contributed by atoms with Crippen molar-refractivity contribution in [2.75, 3.05) is 38.2 Å². The molecule has 1 fully saturated rings. The summed E-state index contributed by atoms with van der Waals surface area (Å²) in [4.78, 5) is 20.0. The van der Waals surface area contributed by atoms with E-state index in [1.54, 1.807) is 12.0 Å². The molecule has 1 aliphatic heterocycles. The monoisotopic (exact) mass is 379 g/mol. The van der Waals surface area contributed by atoms with Crippen molar-refractivity contribution >= 4 is 11.6 Å². The number of hydrogen-bond acceptors (Lipinski definition) is 4. The number of alkyl halides is 3. The Bertz CT molecular complexity index is 814. The Labute approximate surface area is 155 Å². The topological polar surface area (TPSA) is 45.7 Å². The number of aromatic nitrogens is 1. The molecule has 0 unspecified atom stereocenters. The van der Waals surface area contributed by atoms with Crippen LogP contribution < -0.4 is 9.64 Å². The van der Waals surface area contributed by atoms with Crippen LogP contribution in [0.25, 0.3) is 0 Å². The van der Waals surface area contributed by atoms with E-state index in [9.17, 15) is 18.0 Å². The van der Waals surface area contributed by atoms with Crippen molar-refractivity contribution in [2.24, 2.45) is 0 Å². The minimum Gasteiger partial charge on any atom is -0.497 e. The zero-order valence-corrected chi connectivity index (χ0v) is 15.1. The average molecular weight is 379 g/mol. The molecule has 2 heterocycles. The van der Waals surface area contributed by atoms with Gasteiger partial charge >= 0.3 is 6.18 Å². The number of aryl methyl sites for hydroxylation is 1. The number of ether oxygens (including phenoxy) is 1. The highest BCUT2D eigenvalue weighted by Gasteiger charge is 2.33. The molecule has 1 aromatic heterocycles. The zero-order valence-electron chi connectivity index (χ0n) is 15.1. The number of carbonyl (C=O) groups excluding carboxylic acids is 1. The average Bonchev–Trinajstić information content (AvgIpc) is 2.67. The smallest absolute Gasteiger partial charge is 0.433 e. The van der Waals surface area contributed by atoms with Crippen molar-refractivity contribution in [1.29, 1.82) is 0 Å². The third kappa shape index (κ3) is 4.15. The molecule has 3 rings (SSSR count). The van der Waals surface area contributed by atoms with E-state index < -0.39 is 11.9 Å². The summed E-state index contributed by atoms with van der Waals surface area (Å²) in [7, 11) is 1.61. The van der Waals surface area contributed by atoms with Crippen LogP contribution >= 0.6 is 0 Å². The van der Waals surface area contributed by atoms with E-state index in [1.807, 2.05) is 24.3 Å². The van der Waals surface area contributed by atoms with E-state index in [0.717, 1.165) is 17.5 Å². The number of piperazine rings is 1. The number of benzene rings is 1. The Morgan fingerprint density at radius 2 is 1.67 bits per heavy atom. The van der Waals surface area contributed by atoms with Gasteiger partial charge < -0.3 is 14.5 Å². The molecule has 1 amide bonds. The zero-order chi connectivity index (χ0) is 19.6. The first-order valence-electron chi connectivity index (χ1n) is 8.52. The lowest BCUT2D eigenvalue weighted by Gasteiger charge is -2.36. The number of amides is 1. The number of pyridine rings is 1. The normalized spacial score (nSPS) is 15.0. The summed E-state index contributed by atoms with van der Waals surface area (Å²) < 4.78 is 43.4. The van der Waals surface area contributed by atoms with Crippen LogP contribution in [0.15, 0.2) is 36.4 Å². The molecule has 2 aromatic rings. The maximum absolute atomic E-state index is 12.7. The second kappa shape index (κ2) is 7.46. The van der Waals surface area contributed by atoms with E-state index in [2.05, 4.69) is 9.88 Å². The molecule has 1 aromatic carbocycles. The molecule has 0 radical (unpaired) electrons. The Hall–Kier alpha value is -2.77. The molecule has 27 heavy (non-hydrogen) atoms. The molecule has 144 valence electrons. The summed E-state index contributed by atoms with van der Waals surface area (Å²) in [5, 5.41) is 0. The van der Waals surface area contributed by atoms with E-state index in [-0.39, 0.29) is 17.2 Å². The van der Waals surface area contributed by atoms with Gasteiger partial charge in [0.2, 0.25) is 0 Å². The summed E-state index contributed by atoms with van der Waals surface area (Å²) >= 11 is 0. The summed E-state index contributed by atoms with van der Waals surface area (Å²) in [6.07, 6.45) is -4.52. The molecule has 0 bridgehead atoms. The van der Waals surface area contributed by atoms with Crippen molar-refractivity contribution in [3.05, 3.63) is 53.3 Å². The van der Waals surface area contributed by atoms with E-state index in [4.69, 9.17) is 4.74 Å². The fourth-order valence-electron chi connectivity index (χ4n) is 3.08. The predicted molar refractivity (Wildman–Crippen MR) is 95.1 cm³/mol. The SMILES string of the molecule is COc1ccc(N2CCN(C(=O)c3ccc(C(F)(F)F)nc3C)CC2)cc1. The quantitative estimate of drug-likeness (QED) is 0.820. The van der Waals surface area contributed by atoms with Crippen LogP contribution in [0, 0.1) is 6.92 Å². The summed E-state index contributed by atoms with van der Waals surface area (Å²) in [5.41, 5.74) is 0.351. The van der Waals surface area contributed by atoms with Gasteiger partial charge in [0.05, 0.1) is 18.4 Å². The van der Waals surface area contributed by atoms with Crippen molar-refractivity contribution in [1.82, 2.24) is 9.88 Å². The molecule has 1 aliphatic rings. The van der Waals surface area contributed by atoms with Crippen molar-refractivity contribution in [2.45, 2.75) is 13.1 Å². The second-order valence-electron chi connectivity index (χ2n) is 6.30.